The van der Waals surface area contributed by atoms with Gasteiger partial charge in [-0.25, -0.2) is 0 Å². The van der Waals surface area contributed by atoms with Crippen LogP contribution in [0.1, 0.15) is 25.3 Å². The van der Waals surface area contributed by atoms with Crippen LogP contribution in [-0.2, 0) is 6.54 Å². The molecule has 0 saturated carbocycles. The van der Waals surface area contributed by atoms with Gasteiger partial charge in [0.25, 0.3) is 0 Å². The highest BCUT2D eigenvalue weighted by molar-refractivity contribution is 5.13. The van der Waals surface area contributed by atoms with Crippen LogP contribution < -0.4 is 0 Å². The lowest BCUT2D eigenvalue weighted by molar-refractivity contribution is -0.00729. The number of hydrogen-bond donors (Lipinski definition) is 1. The van der Waals surface area contributed by atoms with Crippen LogP contribution in [0.15, 0.2) is 24.3 Å². The van der Waals surface area contributed by atoms with E-state index in [0.29, 0.717) is 0 Å². The normalized spacial score (nSPS) is 21.5. The monoisotopic (exact) mass is 204 g/mol. The molecule has 1 radical (unpaired) electrons. The zero-order valence-electron chi connectivity index (χ0n) is 9.24. The molecule has 1 heterocycles. The third-order valence-corrected chi connectivity index (χ3v) is 3.13. The first-order chi connectivity index (χ1) is 7.16. The fourth-order valence-corrected chi connectivity index (χ4v) is 1.98. The molecule has 1 aliphatic rings. The minimum Gasteiger partial charge on any atom is -0.390 e. The summed E-state index contributed by atoms with van der Waals surface area (Å²) < 4.78 is 0. The lowest BCUT2D eigenvalue weighted by Gasteiger charge is -2.35. The Morgan fingerprint density at radius 1 is 1.33 bits per heavy atom. The average molecular weight is 204 g/mol. The van der Waals surface area contributed by atoms with Gasteiger partial charge in [0.1, 0.15) is 0 Å². The van der Waals surface area contributed by atoms with E-state index >= 15 is 0 Å². The van der Waals surface area contributed by atoms with Crippen molar-refractivity contribution in [2.75, 3.05) is 13.1 Å². The first-order valence-corrected chi connectivity index (χ1v) is 5.55. The zero-order valence-corrected chi connectivity index (χ0v) is 9.24. The van der Waals surface area contributed by atoms with Gasteiger partial charge in [0.2, 0.25) is 0 Å². The third kappa shape index (κ3) is 3.05. The van der Waals surface area contributed by atoms with Gasteiger partial charge in [-0.05, 0) is 31.4 Å². The lowest BCUT2D eigenvalue weighted by atomic mass is 9.93. The molecule has 1 aromatic carbocycles. The van der Waals surface area contributed by atoms with Gasteiger partial charge < -0.3 is 5.11 Å². The predicted octanol–water partition coefficient (Wildman–Crippen LogP) is 1.83. The van der Waals surface area contributed by atoms with E-state index in [1.807, 2.05) is 19.1 Å². The van der Waals surface area contributed by atoms with Crippen LogP contribution in [0, 0.1) is 6.07 Å². The number of nitrogens with zero attached hydrogens (tertiary/aromatic N) is 1. The fourth-order valence-electron chi connectivity index (χ4n) is 1.98. The molecule has 15 heavy (non-hydrogen) atoms. The molecule has 1 aromatic rings. The fraction of sp³-hybridized carbons (Fsp3) is 0.538. The first-order valence-electron chi connectivity index (χ1n) is 5.55. The molecule has 2 heteroatoms. The van der Waals surface area contributed by atoms with E-state index in [1.165, 1.54) is 5.56 Å². The van der Waals surface area contributed by atoms with Crippen molar-refractivity contribution in [1.29, 1.82) is 0 Å². The van der Waals surface area contributed by atoms with Gasteiger partial charge in [-0.2, -0.15) is 0 Å². The Kier molecular flexibility index (Phi) is 3.08. The van der Waals surface area contributed by atoms with Crippen LogP contribution in [0.3, 0.4) is 0 Å². The van der Waals surface area contributed by atoms with E-state index in [1.54, 1.807) is 0 Å². The van der Waals surface area contributed by atoms with Crippen LogP contribution in [-0.4, -0.2) is 28.7 Å². The van der Waals surface area contributed by atoms with Gasteiger partial charge in [0.15, 0.2) is 0 Å². The Morgan fingerprint density at radius 3 is 2.53 bits per heavy atom. The molecule has 0 atom stereocenters. The van der Waals surface area contributed by atoms with Crippen molar-refractivity contribution in [3.8, 4) is 0 Å². The number of piperidine rings is 1. The molecule has 81 valence electrons. The minimum atomic E-state index is -0.443. The molecule has 0 amide bonds. The van der Waals surface area contributed by atoms with Gasteiger partial charge in [-0.15, -0.1) is 0 Å². The Labute approximate surface area is 91.5 Å². The van der Waals surface area contributed by atoms with E-state index in [2.05, 4.69) is 23.1 Å². The third-order valence-electron chi connectivity index (χ3n) is 3.13. The van der Waals surface area contributed by atoms with Crippen molar-refractivity contribution in [2.24, 2.45) is 0 Å². The van der Waals surface area contributed by atoms with Crippen molar-refractivity contribution < 1.29 is 5.11 Å². The Hall–Kier alpha value is -0.860. The summed E-state index contributed by atoms with van der Waals surface area (Å²) in [6, 6.07) is 11.1. The number of hydrogen-bond acceptors (Lipinski definition) is 2. The highest BCUT2D eigenvalue weighted by Crippen LogP contribution is 2.22. The summed E-state index contributed by atoms with van der Waals surface area (Å²) in [5, 5.41) is 9.83. The molecule has 1 saturated heterocycles. The summed E-state index contributed by atoms with van der Waals surface area (Å²) in [4.78, 5) is 2.40. The van der Waals surface area contributed by atoms with Crippen molar-refractivity contribution in [3.63, 3.8) is 0 Å². The van der Waals surface area contributed by atoms with Crippen molar-refractivity contribution in [2.45, 2.75) is 31.9 Å². The molecule has 0 aliphatic carbocycles. The van der Waals surface area contributed by atoms with Crippen LogP contribution in [0.2, 0.25) is 0 Å². The van der Waals surface area contributed by atoms with Crippen molar-refractivity contribution >= 4 is 0 Å². The molecule has 2 rings (SSSR count). The summed E-state index contributed by atoms with van der Waals surface area (Å²) in [7, 11) is 0. The Morgan fingerprint density at radius 2 is 1.93 bits per heavy atom. The molecule has 0 spiro atoms. The maximum atomic E-state index is 9.83. The molecule has 0 bridgehead atoms. The molecule has 1 N–H and O–H groups in total. The Bertz CT molecular complexity index is 298. The summed E-state index contributed by atoms with van der Waals surface area (Å²) in [5.74, 6) is 0. The largest absolute Gasteiger partial charge is 0.390 e. The second-order valence-corrected chi connectivity index (χ2v) is 4.68. The first kappa shape index (κ1) is 10.7. The SMILES string of the molecule is CC1(O)CCN(Cc2cc[c]cc2)CC1. The quantitative estimate of drug-likeness (QED) is 0.794. The van der Waals surface area contributed by atoms with Crippen LogP contribution >= 0.6 is 0 Å². The average Bonchev–Trinajstić information content (AvgIpc) is 2.23. The topological polar surface area (TPSA) is 23.5 Å². The maximum Gasteiger partial charge on any atom is 0.0644 e. The highest BCUT2D eigenvalue weighted by atomic mass is 16.3. The van der Waals surface area contributed by atoms with E-state index in [0.717, 1.165) is 32.5 Å². The second kappa shape index (κ2) is 4.33. The summed E-state index contributed by atoms with van der Waals surface area (Å²) in [5.41, 5.74) is 0.885. The van der Waals surface area contributed by atoms with Gasteiger partial charge in [0, 0.05) is 19.6 Å². The van der Waals surface area contributed by atoms with E-state index in [-0.39, 0.29) is 0 Å². The highest BCUT2D eigenvalue weighted by Gasteiger charge is 2.26. The number of aliphatic hydroxyl groups is 1. The van der Waals surface area contributed by atoms with Crippen LogP contribution in [0.5, 0.6) is 0 Å². The van der Waals surface area contributed by atoms with Crippen molar-refractivity contribution in [1.82, 2.24) is 4.90 Å². The lowest BCUT2D eigenvalue weighted by Crippen LogP contribution is -2.41. The molecule has 0 aromatic heterocycles. The number of rotatable bonds is 2. The minimum absolute atomic E-state index is 0.443. The summed E-state index contributed by atoms with van der Waals surface area (Å²) in [6.07, 6.45) is 1.76. The van der Waals surface area contributed by atoms with E-state index in [4.69, 9.17) is 0 Å². The zero-order chi connectivity index (χ0) is 10.7. The summed E-state index contributed by atoms with van der Waals surface area (Å²) in [6.45, 7) is 4.91. The molecule has 2 nitrogen and oxygen atoms in total. The standard InChI is InChI=1S/C13H18NO/c1-13(15)7-9-14(10-8-13)11-12-5-3-2-4-6-12/h3-6,15H,7-11H2,1H3. The smallest absolute Gasteiger partial charge is 0.0644 e. The van der Waals surface area contributed by atoms with Gasteiger partial charge in [-0.3, -0.25) is 4.90 Å². The van der Waals surface area contributed by atoms with Gasteiger partial charge in [0.05, 0.1) is 5.60 Å². The van der Waals surface area contributed by atoms with Gasteiger partial charge in [-0.1, -0.05) is 24.3 Å². The molecule has 1 aliphatic heterocycles. The van der Waals surface area contributed by atoms with E-state index < -0.39 is 5.60 Å². The van der Waals surface area contributed by atoms with Gasteiger partial charge >= 0.3 is 0 Å². The number of benzene rings is 1. The Balaban J connectivity index is 1.88. The number of likely N-dealkylation sites (tertiary alicyclic amines) is 1. The second-order valence-electron chi connectivity index (χ2n) is 4.68. The maximum absolute atomic E-state index is 9.83. The molecule has 0 unspecified atom stereocenters. The van der Waals surface area contributed by atoms with E-state index in [9.17, 15) is 5.11 Å². The molecular weight excluding hydrogens is 186 g/mol. The van der Waals surface area contributed by atoms with Crippen LogP contribution in [0.25, 0.3) is 0 Å². The van der Waals surface area contributed by atoms with Crippen LogP contribution in [0.4, 0.5) is 0 Å². The molecular formula is C13H18NO. The summed E-state index contributed by atoms with van der Waals surface area (Å²) >= 11 is 0. The van der Waals surface area contributed by atoms with Crippen molar-refractivity contribution in [3.05, 3.63) is 35.9 Å². The predicted molar refractivity (Wildman–Crippen MR) is 60.4 cm³/mol. The molecule has 1 fully saturated rings.